The molecule has 3 N–H and O–H groups in total. The van der Waals surface area contributed by atoms with Crippen LogP contribution in [0.3, 0.4) is 0 Å². The van der Waals surface area contributed by atoms with E-state index in [9.17, 15) is 0 Å². The SMILES string of the molecule is CCCNC(N)=NCc1scnc1C. The first-order valence-corrected chi connectivity index (χ1v) is 5.54. The molecule has 4 nitrogen and oxygen atoms in total. The largest absolute Gasteiger partial charge is 0.370 e. The fraction of sp³-hybridized carbons (Fsp3) is 0.556. The maximum Gasteiger partial charge on any atom is 0.188 e. The van der Waals surface area contributed by atoms with Gasteiger partial charge in [0, 0.05) is 11.4 Å². The summed E-state index contributed by atoms with van der Waals surface area (Å²) in [6.07, 6.45) is 1.05. The number of guanidine groups is 1. The molecular weight excluding hydrogens is 196 g/mol. The van der Waals surface area contributed by atoms with Crippen molar-refractivity contribution in [1.29, 1.82) is 0 Å². The maximum absolute atomic E-state index is 5.65. The number of hydrogen-bond donors (Lipinski definition) is 2. The van der Waals surface area contributed by atoms with Gasteiger partial charge in [0.25, 0.3) is 0 Å². The molecule has 0 aliphatic rings. The number of nitrogens with zero attached hydrogens (tertiary/aromatic N) is 2. The van der Waals surface area contributed by atoms with Crippen LogP contribution in [0.2, 0.25) is 0 Å². The second-order valence-electron chi connectivity index (χ2n) is 2.99. The third kappa shape index (κ3) is 3.33. The van der Waals surface area contributed by atoms with E-state index in [0.29, 0.717) is 12.5 Å². The summed E-state index contributed by atoms with van der Waals surface area (Å²) >= 11 is 1.61. The monoisotopic (exact) mass is 212 g/mol. The Morgan fingerprint density at radius 3 is 3.07 bits per heavy atom. The van der Waals surface area contributed by atoms with E-state index in [-0.39, 0.29) is 0 Å². The predicted molar refractivity (Wildman–Crippen MR) is 60.5 cm³/mol. The molecule has 0 aromatic carbocycles. The summed E-state index contributed by atoms with van der Waals surface area (Å²) in [4.78, 5) is 9.54. The highest BCUT2D eigenvalue weighted by atomic mass is 32.1. The van der Waals surface area contributed by atoms with Gasteiger partial charge in [-0.05, 0) is 13.3 Å². The lowest BCUT2D eigenvalue weighted by Gasteiger charge is -2.02. The van der Waals surface area contributed by atoms with Crippen molar-refractivity contribution in [1.82, 2.24) is 10.3 Å². The van der Waals surface area contributed by atoms with Crippen molar-refractivity contribution < 1.29 is 0 Å². The van der Waals surface area contributed by atoms with Gasteiger partial charge in [-0.25, -0.2) is 9.98 Å². The second-order valence-corrected chi connectivity index (χ2v) is 3.93. The summed E-state index contributed by atoms with van der Waals surface area (Å²) in [5.41, 5.74) is 8.52. The van der Waals surface area contributed by atoms with E-state index < -0.39 is 0 Å². The molecule has 1 aromatic rings. The van der Waals surface area contributed by atoms with Gasteiger partial charge < -0.3 is 11.1 Å². The maximum atomic E-state index is 5.65. The number of thiazole rings is 1. The Kier molecular flexibility index (Phi) is 4.39. The molecule has 0 fully saturated rings. The van der Waals surface area contributed by atoms with Crippen LogP contribution in [0.25, 0.3) is 0 Å². The quantitative estimate of drug-likeness (QED) is 0.583. The van der Waals surface area contributed by atoms with Gasteiger partial charge in [-0.15, -0.1) is 11.3 Å². The van der Waals surface area contributed by atoms with E-state index >= 15 is 0 Å². The molecule has 0 atom stereocenters. The van der Waals surface area contributed by atoms with Crippen LogP contribution in [0.4, 0.5) is 0 Å². The summed E-state index contributed by atoms with van der Waals surface area (Å²) in [6.45, 7) is 5.57. The minimum atomic E-state index is 0.514. The molecule has 1 heterocycles. The summed E-state index contributed by atoms with van der Waals surface area (Å²) in [5, 5.41) is 3.03. The van der Waals surface area contributed by atoms with Gasteiger partial charge in [-0.2, -0.15) is 0 Å². The molecule has 0 aliphatic heterocycles. The summed E-state index contributed by atoms with van der Waals surface area (Å²) in [5.74, 6) is 0.514. The minimum absolute atomic E-state index is 0.514. The minimum Gasteiger partial charge on any atom is -0.370 e. The molecule has 0 radical (unpaired) electrons. The van der Waals surface area contributed by atoms with Crippen LogP contribution in [0.15, 0.2) is 10.5 Å². The normalized spacial score (nSPS) is 11.7. The summed E-state index contributed by atoms with van der Waals surface area (Å²) in [6, 6.07) is 0. The average molecular weight is 212 g/mol. The Morgan fingerprint density at radius 2 is 2.50 bits per heavy atom. The van der Waals surface area contributed by atoms with Crippen LogP contribution in [-0.4, -0.2) is 17.5 Å². The Labute approximate surface area is 88.3 Å². The van der Waals surface area contributed by atoms with E-state index in [1.165, 1.54) is 4.88 Å². The fourth-order valence-electron chi connectivity index (χ4n) is 0.944. The Hall–Kier alpha value is -1.10. The molecule has 1 rings (SSSR count). The van der Waals surface area contributed by atoms with Crippen LogP contribution in [0.1, 0.15) is 23.9 Å². The molecule has 0 spiro atoms. The molecule has 5 heteroatoms. The molecular formula is C9H16N4S. The molecule has 0 bridgehead atoms. The molecule has 14 heavy (non-hydrogen) atoms. The van der Waals surface area contributed by atoms with Crippen molar-refractivity contribution in [2.45, 2.75) is 26.8 Å². The van der Waals surface area contributed by atoms with E-state index in [1.54, 1.807) is 11.3 Å². The van der Waals surface area contributed by atoms with E-state index in [4.69, 9.17) is 5.73 Å². The van der Waals surface area contributed by atoms with E-state index in [1.807, 2.05) is 12.4 Å². The van der Waals surface area contributed by atoms with Gasteiger partial charge in [0.1, 0.15) is 0 Å². The third-order valence-electron chi connectivity index (χ3n) is 1.79. The van der Waals surface area contributed by atoms with Gasteiger partial charge >= 0.3 is 0 Å². The topological polar surface area (TPSA) is 63.3 Å². The second kappa shape index (κ2) is 5.59. The highest BCUT2D eigenvalue weighted by Gasteiger charge is 1.99. The van der Waals surface area contributed by atoms with Crippen molar-refractivity contribution in [2.75, 3.05) is 6.54 Å². The smallest absolute Gasteiger partial charge is 0.188 e. The fourth-order valence-corrected chi connectivity index (χ4v) is 1.64. The highest BCUT2D eigenvalue weighted by molar-refractivity contribution is 7.09. The van der Waals surface area contributed by atoms with E-state index in [2.05, 4.69) is 22.2 Å². The number of nitrogens with two attached hydrogens (primary N) is 1. The molecule has 78 valence electrons. The Morgan fingerprint density at radius 1 is 1.71 bits per heavy atom. The van der Waals surface area contributed by atoms with Gasteiger partial charge in [0.05, 0.1) is 17.7 Å². The number of aliphatic imine (C=N–C) groups is 1. The molecule has 0 saturated carbocycles. The zero-order valence-electron chi connectivity index (χ0n) is 8.58. The van der Waals surface area contributed by atoms with Crippen LogP contribution in [-0.2, 0) is 6.54 Å². The first-order valence-electron chi connectivity index (χ1n) is 4.66. The first kappa shape index (κ1) is 11.0. The van der Waals surface area contributed by atoms with Crippen molar-refractivity contribution in [3.05, 3.63) is 16.1 Å². The van der Waals surface area contributed by atoms with Crippen LogP contribution in [0, 0.1) is 6.92 Å². The van der Waals surface area contributed by atoms with Gasteiger partial charge in [-0.1, -0.05) is 6.92 Å². The number of rotatable bonds is 4. The number of hydrogen-bond acceptors (Lipinski definition) is 3. The van der Waals surface area contributed by atoms with Gasteiger partial charge in [-0.3, -0.25) is 0 Å². The molecule has 0 saturated heterocycles. The molecule has 0 amide bonds. The van der Waals surface area contributed by atoms with Crippen LogP contribution < -0.4 is 11.1 Å². The zero-order valence-corrected chi connectivity index (χ0v) is 9.40. The number of nitrogens with one attached hydrogen (secondary N) is 1. The van der Waals surface area contributed by atoms with Crippen molar-refractivity contribution >= 4 is 17.3 Å². The van der Waals surface area contributed by atoms with Crippen LogP contribution in [0.5, 0.6) is 0 Å². The summed E-state index contributed by atoms with van der Waals surface area (Å²) in [7, 11) is 0. The molecule has 1 aromatic heterocycles. The van der Waals surface area contributed by atoms with Gasteiger partial charge in [0.15, 0.2) is 5.96 Å². The lowest BCUT2D eigenvalue weighted by atomic mass is 10.4. The molecule has 0 unspecified atom stereocenters. The first-order chi connectivity index (χ1) is 6.74. The Bertz CT molecular complexity index is 306. The van der Waals surface area contributed by atoms with Crippen molar-refractivity contribution in [3.63, 3.8) is 0 Å². The number of aromatic nitrogens is 1. The highest BCUT2D eigenvalue weighted by Crippen LogP contribution is 2.12. The predicted octanol–water partition coefficient (Wildman–Crippen LogP) is 1.27. The molecule has 0 aliphatic carbocycles. The lowest BCUT2D eigenvalue weighted by Crippen LogP contribution is -2.32. The lowest BCUT2D eigenvalue weighted by molar-refractivity contribution is 0.826. The van der Waals surface area contributed by atoms with Crippen LogP contribution >= 0.6 is 11.3 Å². The standard InChI is InChI=1S/C9H16N4S/c1-3-4-11-9(10)12-5-8-7(2)13-6-14-8/h6H,3-5H2,1-2H3,(H3,10,11,12). The van der Waals surface area contributed by atoms with E-state index in [0.717, 1.165) is 18.7 Å². The Balaban J connectivity index is 2.42. The van der Waals surface area contributed by atoms with Crippen molar-refractivity contribution in [3.8, 4) is 0 Å². The summed E-state index contributed by atoms with van der Waals surface area (Å²) < 4.78 is 0. The van der Waals surface area contributed by atoms with Gasteiger partial charge in [0.2, 0.25) is 0 Å². The zero-order chi connectivity index (χ0) is 10.4. The average Bonchev–Trinajstić information content (AvgIpc) is 2.58. The van der Waals surface area contributed by atoms with Crippen molar-refractivity contribution in [2.24, 2.45) is 10.7 Å². The number of aryl methyl sites for hydroxylation is 1. The third-order valence-corrected chi connectivity index (χ3v) is 2.71.